The monoisotopic (exact) mass is 234 g/mol. The van der Waals surface area contributed by atoms with Gasteiger partial charge in [-0.05, 0) is 32.9 Å². The summed E-state index contributed by atoms with van der Waals surface area (Å²) < 4.78 is 1.12. The van der Waals surface area contributed by atoms with Crippen LogP contribution in [0.2, 0.25) is 0 Å². The van der Waals surface area contributed by atoms with Crippen molar-refractivity contribution in [3.63, 3.8) is 0 Å². The van der Waals surface area contributed by atoms with Gasteiger partial charge in [-0.15, -0.1) is 11.3 Å². The van der Waals surface area contributed by atoms with Crippen molar-refractivity contribution >= 4 is 27.3 Å². The summed E-state index contributed by atoms with van der Waals surface area (Å²) in [6.45, 7) is 4.25. The second kappa shape index (κ2) is 3.25. The van der Waals surface area contributed by atoms with Gasteiger partial charge in [-0.3, -0.25) is 0 Å². The Hall–Kier alpha value is 0.140. The lowest BCUT2D eigenvalue weighted by Crippen LogP contribution is -2.20. The predicted molar refractivity (Wildman–Crippen MR) is 52.1 cm³/mol. The molecule has 0 unspecified atom stereocenters. The summed E-state index contributed by atoms with van der Waals surface area (Å²) in [5.41, 5.74) is 1.08. The Bertz CT molecular complexity index is 242. The van der Waals surface area contributed by atoms with Crippen LogP contribution < -0.4 is 0 Å². The summed E-state index contributed by atoms with van der Waals surface area (Å²) in [5, 5.41) is 11.1. The second-order valence-electron chi connectivity index (χ2n) is 3.18. The smallest absolute Gasteiger partial charge is 0.0701 e. The predicted octanol–water partition coefficient (Wildman–Crippen LogP) is 2.78. The van der Waals surface area contributed by atoms with Crippen molar-refractivity contribution in [2.75, 3.05) is 6.61 Å². The number of thiophene rings is 1. The lowest BCUT2D eigenvalue weighted by Gasteiger charge is -2.19. The van der Waals surface area contributed by atoms with Gasteiger partial charge in [0, 0.05) is 5.41 Å². The molecule has 0 aliphatic carbocycles. The van der Waals surface area contributed by atoms with Crippen molar-refractivity contribution in [1.82, 2.24) is 0 Å². The average molecular weight is 235 g/mol. The minimum atomic E-state index is -0.109. The Kier molecular flexibility index (Phi) is 2.73. The van der Waals surface area contributed by atoms with Crippen LogP contribution in [0.5, 0.6) is 0 Å². The van der Waals surface area contributed by atoms with E-state index in [-0.39, 0.29) is 12.0 Å². The molecule has 3 heteroatoms. The van der Waals surface area contributed by atoms with E-state index in [0.717, 1.165) is 3.79 Å². The molecular weight excluding hydrogens is 224 g/mol. The molecule has 1 rings (SSSR count). The molecule has 0 radical (unpaired) electrons. The van der Waals surface area contributed by atoms with Crippen LogP contribution in [-0.4, -0.2) is 11.7 Å². The Morgan fingerprint density at radius 3 is 2.64 bits per heavy atom. The highest BCUT2D eigenvalue weighted by atomic mass is 79.9. The van der Waals surface area contributed by atoms with E-state index in [4.69, 9.17) is 5.11 Å². The normalized spacial score (nSPS) is 12.0. The molecule has 0 aliphatic rings. The van der Waals surface area contributed by atoms with E-state index in [0.29, 0.717) is 0 Å². The topological polar surface area (TPSA) is 20.2 Å². The van der Waals surface area contributed by atoms with E-state index >= 15 is 0 Å². The number of halogens is 1. The van der Waals surface area contributed by atoms with Gasteiger partial charge in [0.25, 0.3) is 0 Å². The molecule has 0 saturated heterocycles. The van der Waals surface area contributed by atoms with Crippen LogP contribution in [0.15, 0.2) is 15.2 Å². The number of rotatable bonds is 2. The van der Waals surface area contributed by atoms with E-state index in [1.807, 2.05) is 13.8 Å². The lowest BCUT2D eigenvalue weighted by molar-refractivity contribution is 0.219. The maximum atomic E-state index is 9.05. The van der Waals surface area contributed by atoms with Crippen LogP contribution in [0.3, 0.4) is 0 Å². The maximum absolute atomic E-state index is 9.05. The highest BCUT2D eigenvalue weighted by molar-refractivity contribution is 9.11. The number of hydrogen-bond acceptors (Lipinski definition) is 2. The minimum Gasteiger partial charge on any atom is -0.395 e. The van der Waals surface area contributed by atoms with Crippen molar-refractivity contribution in [2.24, 2.45) is 0 Å². The SMILES string of the molecule is CC(C)(CO)c1csc(Br)c1. The molecule has 0 fully saturated rings. The van der Waals surface area contributed by atoms with E-state index in [1.54, 1.807) is 11.3 Å². The molecule has 0 aromatic carbocycles. The van der Waals surface area contributed by atoms with Crippen molar-refractivity contribution in [2.45, 2.75) is 19.3 Å². The Morgan fingerprint density at radius 1 is 1.64 bits per heavy atom. The van der Waals surface area contributed by atoms with Crippen LogP contribution in [0.1, 0.15) is 19.4 Å². The van der Waals surface area contributed by atoms with Gasteiger partial charge >= 0.3 is 0 Å². The Balaban J connectivity index is 2.92. The highest BCUT2D eigenvalue weighted by Gasteiger charge is 2.20. The largest absolute Gasteiger partial charge is 0.395 e. The van der Waals surface area contributed by atoms with Crippen LogP contribution in [0.25, 0.3) is 0 Å². The number of aliphatic hydroxyl groups excluding tert-OH is 1. The fourth-order valence-electron chi connectivity index (χ4n) is 0.756. The minimum absolute atomic E-state index is 0.109. The molecule has 1 heterocycles. The highest BCUT2D eigenvalue weighted by Crippen LogP contribution is 2.29. The van der Waals surface area contributed by atoms with Crippen LogP contribution in [-0.2, 0) is 5.41 Å². The Morgan fingerprint density at radius 2 is 2.27 bits per heavy atom. The van der Waals surface area contributed by atoms with Crippen molar-refractivity contribution in [1.29, 1.82) is 0 Å². The Labute approximate surface area is 79.2 Å². The molecule has 0 aliphatic heterocycles. The summed E-state index contributed by atoms with van der Waals surface area (Å²) in [5.74, 6) is 0. The first-order valence-electron chi connectivity index (χ1n) is 3.41. The first-order valence-corrected chi connectivity index (χ1v) is 5.09. The second-order valence-corrected chi connectivity index (χ2v) is 5.47. The van der Waals surface area contributed by atoms with Gasteiger partial charge in [-0.25, -0.2) is 0 Å². The van der Waals surface area contributed by atoms with Gasteiger partial charge < -0.3 is 5.11 Å². The molecular formula is C8H11BrOS. The summed E-state index contributed by atoms with van der Waals surface area (Å²) >= 11 is 5.04. The zero-order chi connectivity index (χ0) is 8.48. The van der Waals surface area contributed by atoms with Gasteiger partial charge in [0.15, 0.2) is 0 Å². The third-order valence-electron chi connectivity index (χ3n) is 1.74. The maximum Gasteiger partial charge on any atom is 0.0701 e. The van der Waals surface area contributed by atoms with Crippen molar-refractivity contribution in [3.05, 3.63) is 20.8 Å². The summed E-state index contributed by atoms with van der Waals surface area (Å²) in [4.78, 5) is 0. The quantitative estimate of drug-likeness (QED) is 0.835. The van der Waals surface area contributed by atoms with E-state index < -0.39 is 0 Å². The fourth-order valence-corrected chi connectivity index (χ4v) is 2.10. The molecule has 0 bridgehead atoms. The number of hydrogen-bond donors (Lipinski definition) is 1. The van der Waals surface area contributed by atoms with Crippen molar-refractivity contribution in [3.8, 4) is 0 Å². The molecule has 11 heavy (non-hydrogen) atoms. The lowest BCUT2D eigenvalue weighted by atomic mass is 9.88. The molecule has 0 saturated carbocycles. The first kappa shape index (κ1) is 9.23. The zero-order valence-corrected chi connectivity index (χ0v) is 9.00. The third-order valence-corrected chi connectivity index (χ3v) is 3.25. The van der Waals surface area contributed by atoms with Gasteiger partial charge in [0.1, 0.15) is 0 Å². The molecule has 1 N–H and O–H groups in total. The van der Waals surface area contributed by atoms with Gasteiger partial charge in [-0.1, -0.05) is 13.8 Å². The van der Waals surface area contributed by atoms with Gasteiger partial charge in [-0.2, -0.15) is 0 Å². The van der Waals surface area contributed by atoms with E-state index in [2.05, 4.69) is 27.4 Å². The van der Waals surface area contributed by atoms with Crippen LogP contribution in [0.4, 0.5) is 0 Å². The first-order chi connectivity index (χ1) is 5.06. The van der Waals surface area contributed by atoms with E-state index in [1.165, 1.54) is 5.56 Å². The summed E-state index contributed by atoms with van der Waals surface area (Å²) in [7, 11) is 0. The fraction of sp³-hybridized carbons (Fsp3) is 0.500. The average Bonchev–Trinajstić information content (AvgIpc) is 2.36. The number of aliphatic hydroxyl groups is 1. The summed E-state index contributed by atoms with van der Waals surface area (Å²) in [6, 6.07) is 2.06. The summed E-state index contributed by atoms with van der Waals surface area (Å²) in [6.07, 6.45) is 0. The van der Waals surface area contributed by atoms with Crippen LogP contribution >= 0.6 is 27.3 Å². The molecule has 1 aromatic heterocycles. The van der Waals surface area contributed by atoms with Crippen molar-refractivity contribution < 1.29 is 5.11 Å². The van der Waals surface area contributed by atoms with Gasteiger partial charge in [0.2, 0.25) is 0 Å². The molecule has 0 atom stereocenters. The molecule has 0 spiro atoms. The molecule has 1 aromatic rings. The molecule has 0 amide bonds. The van der Waals surface area contributed by atoms with E-state index in [9.17, 15) is 0 Å². The molecule has 1 nitrogen and oxygen atoms in total. The van der Waals surface area contributed by atoms with Crippen LogP contribution in [0, 0.1) is 0 Å². The standard InChI is InChI=1S/C8H11BrOS/c1-8(2,5-10)6-3-7(9)11-4-6/h3-4,10H,5H2,1-2H3. The molecule has 62 valence electrons. The third kappa shape index (κ3) is 2.04. The zero-order valence-electron chi connectivity index (χ0n) is 6.60. The van der Waals surface area contributed by atoms with Gasteiger partial charge in [0.05, 0.1) is 10.4 Å².